The van der Waals surface area contributed by atoms with Crippen LogP contribution >= 0.6 is 0 Å². The summed E-state index contributed by atoms with van der Waals surface area (Å²) in [5, 5.41) is 0. The van der Waals surface area contributed by atoms with E-state index in [9.17, 15) is 26.7 Å². The van der Waals surface area contributed by atoms with E-state index in [1.165, 1.54) is 36.4 Å². The molecule has 0 aliphatic carbocycles. The summed E-state index contributed by atoms with van der Waals surface area (Å²) in [6.07, 6.45) is 2.64. The van der Waals surface area contributed by atoms with Gasteiger partial charge in [-0.3, -0.25) is 0 Å². The zero-order valence-corrected chi connectivity index (χ0v) is 18.1. The second-order valence-electron chi connectivity index (χ2n) is 7.21. The molecular weight excluding hydrogens is 455 g/mol. The van der Waals surface area contributed by atoms with Gasteiger partial charge in [0.1, 0.15) is 5.75 Å². The summed E-state index contributed by atoms with van der Waals surface area (Å²) >= 11 is 0. The lowest BCUT2D eigenvalue weighted by atomic mass is 10.1. The van der Waals surface area contributed by atoms with Crippen LogP contribution in [0.4, 0.5) is 22.0 Å². The minimum absolute atomic E-state index is 0.0301. The van der Waals surface area contributed by atoms with E-state index >= 15 is 0 Å². The minimum Gasteiger partial charge on any atom is -0.490 e. The Balaban J connectivity index is 1.67. The Morgan fingerprint density at radius 3 is 2.15 bits per heavy atom. The highest BCUT2D eigenvalue weighted by atomic mass is 19.2. The fraction of sp³-hybridized carbons (Fsp3) is 0.192. The Hall–Kier alpha value is -3.86. The van der Waals surface area contributed by atoms with Crippen molar-refractivity contribution in [1.29, 1.82) is 0 Å². The first-order valence-corrected chi connectivity index (χ1v) is 10.4. The van der Waals surface area contributed by atoms with Crippen LogP contribution in [0.5, 0.6) is 11.5 Å². The number of benzene rings is 3. The van der Waals surface area contributed by atoms with Crippen LogP contribution in [0.1, 0.15) is 47.7 Å². The molecule has 0 saturated carbocycles. The van der Waals surface area contributed by atoms with Crippen molar-refractivity contribution < 1.29 is 36.2 Å². The van der Waals surface area contributed by atoms with Crippen LogP contribution in [0.3, 0.4) is 0 Å². The summed E-state index contributed by atoms with van der Waals surface area (Å²) in [6, 6.07) is 9.27. The number of carbonyl (C=O) groups is 1. The maximum absolute atomic E-state index is 14.3. The Morgan fingerprint density at radius 2 is 1.50 bits per heavy atom. The summed E-state index contributed by atoms with van der Waals surface area (Å²) in [7, 11) is 0. The van der Waals surface area contributed by atoms with Gasteiger partial charge in [-0.25, -0.2) is 22.4 Å². The normalized spacial score (nSPS) is 10.4. The molecule has 3 aromatic carbocycles. The van der Waals surface area contributed by atoms with Gasteiger partial charge in [-0.2, -0.15) is 4.39 Å². The van der Waals surface area contributed by atoms with Crippen molar-refractivity contribution in [2.45, 2.75) is 26.2 Å². The van der Waals surface area contributed by atoms with E-state index in [0.717, 1.165) is 19.3 Å². The Morgan fingerprint density at radius 1 is 0.824 bits per heavy atom. The molecule has 0 N–H and O–H groups in total. The molecule has 34 heavy (non-hydrogen) atoms. The monoisotopic (exact) mass is 474 g/mol. The van der Waals surface area contributed by atoms with Crippen molar-refractivity contribution in [2.24, 2.45) is 0 Å². The summed E-state index contributed by atoms with van der Waals surface area (Å²) < 4.78 is 78.3. The number of carbonyl (C=O) groups excluding carboxylic acids is 1. The zero-order chi connectivity index (χ0) is 24.7. The number of esters is 1. The van der Waals surface area contributed by atoms with Crippen molar-refractivity contribution in [3.63, 3.8) is 0 Å². The van der Waals surface area contributed by atoms with Crippen LogP contribution in [0, 0.1) is 40.9 Å². The first-order valence-electron chi connectivity index (χ1n) is 10.4. The number of hydrogen-bond acceptors (Lipinski definition) is 3. The van der Waals surface area contributed by atoms with Gasteiger partial charge in [-0.15, -0.1) is 0 Å². The van der Waals surface area contributed by atoms with Gasteiger partial charge < -0.3 is 9.47 Å². The largest absolute Gasteiger partial charge is 0.490 e. The van der Waals surface area contributed by atoms with Gasteiger partial charge in [-0.1, -0.05) is 31.6 Å². The zero-order valence-electron chi connectivity index (χ0n) is 18.1. The van der Waals surface area contributed by atoms with Gasteiger partial charge in [-0.05, 0) is 55.0 Å². The third-order valence-electron chi connectivity index (χ3n) is 4.68. The highest BCUT2D eigenvalue weighted by molar-refractivity contribution is 5.91. The first kappa shape index (κ1) is 24.8. The molecule has 3 nitrogen and oxygen atoms in total. The molecule has 0 aliphatic rings. The van der Waals surface area contributed by atoms with Crippen molar-refractivity contribution in [3.8, 4) is 23.3 Å². The van der Waals surface area contributed by atoms with Crippen LogP contribution in [0.15, 0.2) is 48.5 Å². The quantitative estimate of drug-likeness (QED) is 0.0971. The van der Waals surface area contributed by atoms with Gasteiger partial charge in [0, 0.05) is 5.56 Å². The van der Waals surface area contributed by atoms with Crippen LogP contribution in [0.25, 0.3) is 0 Å². The van der Waals surface area contributed by atoms with Crippen LogP contribution in [-0.4, -0.2) is 12.6 Å². The molecule has 0 amide bonds. The molecule has 0 atom stereocenters. The van der Waals surface area contributed by atoms with E-state index in [-0.39, 0.29) is 23.7 Å². The molecule has 0 unspecified atom stereocenters. The summed E-state index contributed by atoms with van der Waals surface area (Å²) in [6.45, 7) is 2.31. The highest BCUT2D eigenvalue weighted by Gasteiger charge is 2.17. The highest BCUT2D eigenvalue weighted by Crippen LogP contribution is 2.23. The summed E-state index contributed by atoms with van der Waals surface area (Å²) in [5.41, 5.74) is -0.261. The molecule has 0 aromatic heterocycles. The van der Waals surface area contributed by atoms with Crippen LogP contribution in [-0.2, 0) is 0 Å². The van der Waals surface area contributed by atoms with E-state index in [4.69, 9.17) is 9.47 Å². The molecule has 176 valence electrons. The predicted molar refractivity (Wildman–Crippen MR) is 115 cm³/mol. The molecule has 0 aliphatic heterocycles. The smallest absolute Gasteiger partial charge is 0.343 e. The molecule has 0 spiro atoms. The van der Waals surface area contributed by atoms with Gasteiger partial charge in [0.25, 0.3) is 0 Å². The van der Waals surface area contributed by atoms with E-state index in [2.05, 4.69) is 11.8 Å². The maximum atomic E-state index is 14.3. The van der Waals surface area contributed by atoms with E-state index < -0.39 is 40.6 Å². The Bertz CT molecular complexity index is 1220. The molecule has 3 aromatic rings. The SMILES string of the molecule is CCCCCOc1ccc(C#Cc2ccc(OC(=O)c3cc(F)c(F)c(F)c3)cc2)c(F)c1F. The average Bonchev–Trinajstić information content (AvgIpc) is 2.82. The average molecular weight is 474 g/mol. The van der Waals surface area contributed by atoms with Gasteiger partial charge in [0.2, 0.25) is 5.82 Å². The van der Waals surface area contributed by atoms with E-state index in [1.54, 1.807) is 0 Å². The standard InChI is InChI=1S/C26H19F5O3/c1-2-3-4-13-33-22-12-9-17(23(29)25(22)31)8-5-16-6-10-19(11-7-16)34-26(32)18-14-20(27)24(30)21(28)15-18/h6-7,9-12,14-15H,2-4,13H2,1H3. The van der Waals surface area contributed by atoms with E-state index in [1.807, 2.05) is 6.92 Å². The van der Waals surface area contributed by atoms with Crippen LogP contribution < -0.4 is 9.47 Å². The summed E-state index contributed by atoms with van der Waals surface area (Å²) in [4.78, 5) is 12.0. The van der Waals surface area contributed by atoms with Crippen molar-refractivity contribution in [1.82, 2.24) is 0 Å². The second kappa shape index (κ2) is 11.3. The molecular formula is C26H19F5O3. The predicted octanol–water partition coefficient (Wildman–Crippen LogP) is 6.57. The second-order valence-corrected chi connectivity index (χ2v) is 7.21. The topological polar surface area (TPSA) is 35.5 Å². The fourth-order valence-corrected chi connectivity index (χ4v) is 2.86. The number of rotatable bonds is 7. The van der Waals surface area contributed by atoms with Crippen molar-refractivity contribution in [2.75, 3.05) is 6.61 Å². The lowest BCUT2D eigenvalue weighted by molar-refractivity contribution is 0.0733. The van der Waals surface area contributed by atoms with Gasteiger partial charge >= 0.3 is 5.97 Å². The minimum atomic E-state index is -1.69. The Labute approximate surface area is 193 Å². The third kappa shape index (κ3) is 6.13. The summed E-state index contributed by atoms with van der Waals surface area (Å²) in [5.74, 6) is -3.00. The van der Waals surface area contributed by atoms with Crippen LogP contribution in [0.2, 0.25) is 0 Å². The van der Waals surface area contributed by atoms with Gasteiger partial charge in [0.05, 0.1) is 17.7 Å². The number of ether oxygens (including phenoxy) is 2. The molecule has 0 heterocycles. The maximum Gasteiger partial charge on any atom is 0.343 e. The van der Waals surface area contributed by atoms with Crippen molar-refractivity contribution >= 4 is 5.97 Å². The fourth-order valence-electron chi connectivity index (χ4n) is 2.86. The molecule has 0 saturated heterocycles. The molecule has 8 heteroatoms. The molecule has 0 fully saturated rings. The first-order chi connectivity index (χ1) is 16.3. The Kier molecular flexibility index (Phi) is 8.25. The third-order valence-corrected chi connectivity index (χ3v) is 4.68. The number of unbranched alkanes of at least 4 members (excludes halogenated alkanes) is 2. The molecule has 0 radical (unpaired) electrons. The number of halogens is 5. The number of hydrogen-bond donors (Lipinski definition) is 0. The lowest BCUT2D eigenvalue weighted by Crippen LogP contribution is -2.10. The van der Waals surface area contributed by atoms with Crippen molar-refractivity contribution in [3.05, 3.63) is 94.3 Å². The van der Waals surface area contributed by atoms with E-state index in [0.29, 0.717) is 17.7 Å². The molecule has 0 bridgehead atoms. The molecule has 3 rings (SSSR count). The lowest BCUT2D eigenvalue weighted by Gasteiger charge is -2.08. The van der Waals surface area contributed by atoms with Gasteiger partial charge in [0.15, 0.2) is 29.0 Å².